The Bertz CT molecular complexity index is 1210. The molecule has 3 N–H and O–H groups in total. The number of hydrogen-bond donors (Lipinski definition) is 3. The highest BCUT2D eigenvalue weighted by atomic mass is 32.2. The van der Waals surface area contributed by atoms with Gasteiger partial charge in [0.05, 0.1) is 11.5 Å². The minimum atomic E-state index is -1.03. The van der Waals surface area contributed by atoms with Gasteiger partial charge in [0.2, 0.25) is 11.8 Å². The molecular formula is C22H19FN4O3S. The van der Waals surface area contributed by atoms with E-state index in [0.717, 1.165) is 5.56 Å². The van der Waals surface area contributed by atoms with Crippen molar-refractivity contribution in [3.05, 3.63) is 81.4 Å². The van der Waals surface area contributed by atoms with E-state index in [1.807, 2.05) is 30.3 Å². The molecule has 0 spiro atoms. The molecule has 4 rings (SSSR count). The molecular weight excluding hydrogens is 419 g/mol. The summed E-state index contributed by atoms with van der Waals surface area (Å²) in [5.74, 6) is -1.86. The van der Waals surface area contributed by atoms with E-state index >= 15 is 0 Å². The number of rotatable bonds is 5. The first kappa shape index (κ1) is 20.8. The zero-order valence-corrected chi connectivity index (χ0v) is 17.4. The van der Waals surface area contributed by atoms with Gasteiger partial charge in [-0.2, -0.15) is 0 Å². The van der Waals surface area contributed by atoms with E-state index in [-0.39, 0.29) is 23.5 Å². The molecule has 31 heavy (non-hydrogen) atoms. The Morgan fingerprint density at radius 1 is 1.23 bits per heavy atom. The Morgan fingerprint density at radius 3 is 2.77 bits per heavy atom. The molecule has 7 nitrogen and oxygen atoms in total. The zero-order valence-electron chi connectivity index (χ0n) is 16.6. The molecule has 1 atom stereocenters. The molecule has 2 amide bonds. The van der Waals surface area contributed by atoms with Gasteiger partial charge in [0.1, 0.15) is 11.6 Å². The monoisotopic (exact) mass is 438 g/mol. The van der Waals surface area contributed by atoms with Gasteiger partial charge < -0.3 is 15.6 Å². The fourth-order valence-corrected chi connectivity index (χ4v) is 4.13. The van der Waals surface area contributed by atoms with Crippen molar-refractivity contribution in [3.63, 3.8) is 0 Å². The molecule has 2 aromatic carbocycles. The Kier molecular flexibility index (Phi) is 5.85. The summed E-state index contributed by atoms with van der Waals surface area (Å²) >= 11 is 1.32. The number of benzene rings is 2. The van der Waals surface area contributed by atoms with E-state index in [0.29, 0.717) is 16.5 Å². The summed E-state index contributed by atoms with van der Waals surface area (Å²) in [6.07, 6.45) is -0.200. The van der Waals surface area contributed by atoms with E-state index < -0.39 is 29.1 Å². The lowest BCUT2D eigenvalue weighted by molar-refractivity contribution is -0.123. The molecule has 3 aromatic rings. The van der Waals surface area contributed by atoms with Crippen molar-refractivity contribution in [2.24, 2.45) is 0 Å². The third kappa shape index (κ3) is 4.66. The standard InChI is InChI=1S/C22H19FN4O3S/c1-12-7-8-14(23)9-16(12)24-20(29)15-10-17(28)25-19-18(15)21(30)27-22(26-19)31-11-13-5-3-2-4-6-13/h2-9,15H,10-11H2,1H3,(H,24,29)(H2,25,26,27,28,30)/t15-/m0/s1. The summed E-state index contributed by atoms with van der Waals surface area (Å²) in [5.41, 5.74) is 1.61. The second-order valence-corrected chi connectivity index (χ2v) is 8.13. The minimum absolute atomic E-state index is 0.0756. The summed E-state index contributed by atoms with van der Waals surface area (Å²) in [5, 5.41) is 5.55. The number of fused-ring (bicyclic) bond motifs is 1. The van der Waals surface area contributed by atoms with Crippen molar-refractivity contribution < 1.29 is 14.0 Å². The minimum Gasteiger partial charge on any atom is -0.325 e. The van der Waals surface area contributed by atoms with Gasteiger partial charge >= 0.3 is 0 Å². The third-order valence-electron chi connectivity index (χ3n) is 4.92. The smallest absolute Gasteiger partial charge is 0.257 e. The second-order valence-electron chi connectivity index (χ2n) is 7.16. The number of aromatic amines is 1. The van der Waals surface area contributed by atoms with Gasteiger partial charge in [-0.05, 0) is 30.2 Å². The largest absolute Gasteiger partial charge is 0.325 e. The molecule has 0 fully saturated rings. The first-order valence-electron chi connectivity index (χ1n) is 9.58. The fraction of sp³-hybridized carbons (Fsp3) is 0.182. The first-order chi connectivity index (χ1) is 14.9. The number of nitrogens with one attached hydrogen (secondary N) is 3. The van der Waals surface area contributed by atoms with Crippen LogP contribution in [0.1, 0.15) is 29.0 Å². The lowest BCUT2D eigenvalue weighted by Gasteiger charge is -2.23. The quantitative estimate of drug-likeness (QED) is 0.417. The molecule has 0 radical (unpaired) electrons. The topological polar surface area (TPSA) is 104 Å². The van der Waals surface area contributed by atoms with Crippen LogP contribution in [0.3, 0.4) is 0 Å². The maximum Gasteiger partial charge on any atom is 0.257 e. The number of hydrogen-bond acceptors (Lipinski definition) is 5. The Labute approximate surface area is 181 Å². The second kappa shape index (κ2) is 8.73. The van der Waals surface area contributed by atoms with Crippen molar-refractivity contribution in [1.29, 1.82) is 0 Å². The molecule has 0 saturated heterocycles. The summed E-state index contributed by atoms with van der Waals surface area (Å²) in [7, 11) is 0. The van der Waals surface area contributed by atoms with Crippen molar-refractivity contribution >= 4 is 35.1 Å². The molecule has 9 heteroatoms. The predicted molar refractivity (Wildman–Crippen MR) is 117 cm³/mol. The SMILES string of the molecule is Cc1ccc(F)cc1NC(=O)[C@H]1CC(=O)Nc2nc(SCc3ccccc3)[nH]c(=O)c21. The van der Waals surface area contributed by atoms with Gasteiger partial charge in [0, 0.05) is 17.9 Å². The average molecular weight is 438 g/mol. The fourth-order valence-electron chi connectivity index (χ4n) is 3.32. The van der Waals surface area contributed by atoms with Gasteiger partial charge in [-0.25, -0.2) is 9.37 Å². The van der Waals surface area contributed by atoms with Gasteiger partial charge in [-0.15, -0.1) is 0 Å². The van der Waals surface area contributed by atoms with Crippen molar-refractivity contribution in [3.8, 4) is 0 Å². The highest BCUT2D eigenvalue weighted by molar-refractivity contribution is 7.98. The van der Waals surface area contributed by atoms with Crippen LogP contribution in [0.2, 0.25) is 0 Å². The van der Waals surface area contributed by atoms with Crippen LogP contribution in [0.15, 0.2) is 58.5 Å². The summed E-state index contributed by atoms with van der Waals surface area (Å²) in [4.78, 5) is 44.9. The number of anilines is 2. The van der Waals surface area contributed by atoms with Crippen LogP contribution in [-0.2, 0) is 15.3 Å². The Balaban J connectivity index is 1.60. The molecule has 0 bridgehead atoms. The van der Waals surface area contributed by atoms with E-state index in [1.165, 1.54) is 30.0 Å². The number of carbonyl (C=O) groups is 2. The lowest BCUT2D eigenvalue weighted by atomic mass is 9.92. The number of aromatic nitrogens is 2. The van der Waals surface area contributed by atoms with Gasteiger partial charge in [-0.3, -0.25) is 14.4 Å². The van der Waals surface area contributed by atoms with Crippen LogP contribution >= 0.6 is 11.8 Å². The van der Waals surface area contributed by atoms with Gasteiger partial charge in [0.15, 0.2) is 5.16 Å². The predicted octanol–water partition coefficient (Wildman–Crippen LogP) is 3.57. The van der Waals surface area contributed by atoms with Gasteiger partial charge in [0.25, 0.3) is 5.56 Å². The molecule has 2 heterocycles. The van der Waals surface area contributed by atoms with E-state index in [9.17, 15) is 18.8 Å². The number of amides is 2. The number of nitrogens with zero attached hydrogens (tertiary/aromatic N) is 1. The van der Waals surface area contributed by atoms with Crippen molar-refractivity contribution in [1.82, 2.24) is 9.97 Å². The molecule has 0 saturated carbocycles. The van der Waals surface area contributed by atoms with Gasteiger partial charge in [-0.1, -0.05) is 48.2 Å². The summed E-state index contributed by atoms with van der Waals surface area (Å²) < 4.78 is 13.6. The molecule has 0 unspecified atom stereocenters. The number of aryl methyl sites for hydroxylation is 1. The van der Waals surface area contributed by atoms with Crippen LogP contribution in [-0.4, -0.2) is 21.8 Å². The van der Waals surface area contributed by atoms with E-state index in [1.54, 1.807) is 6.92 Å². The summed E-state index contributed by atoms with van der Waals surface area (Å²) in [6.45, 7) is 1.72. The van der Waals surface area contributed by atoms with Crippen molar-refractivity contribution in [2.75, 3.05) is 10.6 Å². The molecule has 1 aromatic heterocycles. The van der Waals surface area contributed by atoms with Crippen LogP contribution in [0.25, 0.3) is 0 Å². The Hall–Kier alpha value is -3.46. The molecule has 158 valence electrons. The highest BCUT2D eigenvalue weighted by Gasteiger charge is 2.35. The number of thioether (sulfide) groups is 1. The summed E-state index contributed by atoms with van der Waals surface area (Å²) in [6, 6.07) is 13.7. The van der Waals surface area contributed by atoms with Crippen LogP contribution in [0.4, 0.5) is 15.9 Å². The van der Waals surface area contributed by atoms with Crippen LogP contribution in [0.5, 0.6) is 0 Å². The van der Waals surface area contributed by atoms with Crippen LogP contribution < -0.4 is 16.2 Å². The molecule has 1 aliphatic rings. The Morgan fingerprint density at radius 2 is 2.00 bits per heavy atom. The maximum absolute atomic E-state index is 13.6. The highest BCUT2D eigenvalue weighted by Crippen LogP contribution is 2.31. The third-order valence-corrected chi connectivity index (χ3v) is 5.87. The first-order valence-corrected chi connectivity index (χ1v) is 10.6. The lowest BCUT2D eigenvalue weighted by Crippen LogP contribution is -2.36. The molecule has 0 aliphatic carbocycles. The normalized spacial score (nSPS) is 15.2. The average Bonchev–Trinajstić information content (AvgIpc) is 2.74. The number of H-pyrrole nitrogens is 1. The van der Waals surface area contributed by atoms with Crippen LogP contribution in [0, 0.1) is 12.7 Å². The molecule has 1 aliphatic heterocycles. The zero-order chi connectivity index (χ0) is 22.0. The number of halogens is 1. The van der Waals surface area contributed by atoms with E-state index in [4.69, 9.17) is 0 Å². The number of carbonyl (C=O) groups excluding carboxylic acids is 2. The van der Waals surface area contributed by atoms with Crippen molar-refractivity contribution in [2.45, 2.75) is 30.2 Å². The van der Waals surface area contributed by atoms with E-state index in [2.05, 4.69) is 20.6 Å². The maximum atomic E-state index is 13.6.